The first kappa shape index (κ1) is 63.0. The van der Waals surface area contributed by atoms with Crippen LogP contribution in [0.5, 0.6) is 0 Å². The van der Waals surface area contributed by atoms with Crippen LogP contribution in [0.3, 0.4) is 0 Å². The molecule has 9 aliphatic rings. The van der Waals surface area contributed by atoms with Crippen molar-refractivity contribution in [3.63, 3.8) is 0 Å². The fraction of sp³-hybridized carbons (Fsp3) is 0.525. The van der Waals surface area contributed by atoms with Gasteiger partial charge in [0.1, 0.15) is 29.3 Å². The molecule has 0 aromatic heterocycles. The van der Waals surface area contributed by atoms with Crippen molar-refractivity contribution in [3.8, 4) is 0 Å². The second-order valence-corrected chi connectivity index (χ2v) is 25.8. The summed E-state index contributed by atoms with van der Waals surface area (Å²) in [4.78, 5) is 148. The third-order valence-electron chi connectivity index (χ3n) is 16.8. The number of benzene rings is 3. The van der Waals surface area contributed by atoms with Crippen LogP contribution in [0.2, 0.25) is 10.0 Å². The number of imide groups is 3. The summed E-state index contributed by atoms with van der Waals surface area (Å²) in [6.07, 6.45) is 1.07. The molecule has 3 unspecified atom stereocenters. The average Bonchev–Trinajstić information content (AvgIpc) is 1.77. The number of piperazine rings is 3. The number of piperidine rings is 3. The Kier molecular flexibility index (Phi) is 18.3. The zero-order valence-electron chi connectivity index (χ0n) is 50.3. The first-order chi connectivity index (χ1) is 41.7. The molecular weight excluding hydrogens is 1180 g/mol. The number of anilines is 3. The molecule has 12 rings (SSSR count). The lowest BCUT2D eigenvalue weighted by Gasteiger charge is -2.37. The molecule has 0 radical (unpaired) electrons. The Labute approximate surface area is 519 Å². The standard InChI is InChI=1S/C22H27ClN4O5.C22H28N4O5.C17H19ClN4O3/c1-22(2,3)32-21(31)26-10-8-25(9-11-26)15-5-4-13-14(18(15)23)12-27(20(13)30)16-6-7-17(28)24-19(16)29;1-22(2,3)31-21(30)25-10-8-24(9-11-25)15-4-5-16-14(12-15)13-26(20(16)29)17-6-7-18(27)23-19(17)28;18-15-11-9-22(13-3-4-14(23)20-16(13)24)17(25)10(11)1-2-12(15)21-7-5-19-6-8-21/h4-5,16H,6-12H2,1-3H3,(H,24,28,29);4-5,12,17H,6-11,13H2,1-3H3,(H,23,27,28);1-2,13,19H,3-9H2,(H,20,23,24). The third kappa shape index (κ3) is 13.6. The molecule has 27 heteroatoms. The third-order valence-corrected chi connectivity index (χ3v) is 17.6. The number of carbonyl (C=O) groups is 11. The molecule has 470 valence electrons. The van der Waals surface area contributed by atoms with Crippen molar-refractivity contribution in [2.24, 2.45) is 0 Å². The quantitative estimate of drug-likeness (QED) is 0.252. The van der Waals surface area contributed by atoms with Gasteiger partial charge >= 0.3 is 12.2 Å². The lowest BCUT2D eigenvalue weighted by molar-refractivity contribution is -0.138. The van der Waals surface area contributed by atoms with Crippen LogP contribution in [0.4, 0.5) is 26.7 Å². The second kappa shape index (κ2) is 25.6. The zero-order valence-corrected chi connectivity index (χ0v) is 51.8. The van der Waals surface area contributed by atoms with Gasteiger partial charge in [0, 0.05) is 151 Å². The Hall–Kier alpha value is -8.03. The first-order valence-electron chi connectivity index (χ1n) is 29.8. The number of hydrogen-bond donors (Lipinski definition) is 4. The van der Waals surface area contributed by atoms with Gasteiger partial charge < -0.3 is 54.0 Å². The van der Waals surface area contributed by atoms with E-state index in [1.54, 1.807) is 32.9 Å². The second-order valence-electron chi connectivity index (χ2n) is 25.0. The molecule has 9 aliphatic heterocycles. The first-order valence-corrected chi connectivity index (χ1v) is 30.6. The van der Waals surface area contributed by atoms with Crippen molar-refractivity contribution in [2.75, 3.05) is 93.2 Å². The molecule has 3 atom stereocenters. The normalized spacial score (nSPS) is 22.3. The minimum atomic E-state index is -0.676. The predicted molar refractivity (Wildman–Crippen MR) is 323 cm³/mol. The maximum atomic E-state index is 12.9. The molecule has 88 heavy (non-hydrogen) atoms. The van der Waals surface area contributed by atoms with Crippen molar-refractivity contribution in [1.82, 2.24) is 45.8 Å². The van der Waals surface area contributed by atoms with Crippen LogP contribution >= 0.6 is 23.2 Å². The number of nitrogens with zero attached hydrogens (tertiary/aromatic N) is 8. The van der Waals surface area contributed by atoms with Gasteiger partial charge in [-0.1, -0.05) is 23.2 Å². The van der Waals surface area contributed by atoms with E-state index in [-0.39, 0.29) is 73.4 Å². The topological polar surface area (TPSA) is 280 Å². The number of hydrogen-bond acceptors (Lipinski definition) is 17. The smallest absolute Gasteiger partial charge is 0.410 e. The van der Waals surface area contributed by atoms with Crippen molar-refractivity contribution >= 4 is 106 Å². The van der Waals surface area contributed by atoms with Crippen LogP contribution in [-0.4, -0.2) is 198 Å². The Morgan fingerprint density at radius 1 is 0.466 bits per heavy atom. The maximum Gasteiger partial charge on any atom is 0.410 e. The van der Waals surface area contributed by atoms with Gasteiger partial charge in [0.25, 0.3) is 17.7 Å². The van der Waals surface area contributed by atoms with Gasteiger partial charge in [0.05, 0.1) is 21.4 Å². The number of carbonyl (C=O) groups excluding carboxylic acids is 11. The predicted octanol–water partition coefficient (Wildman–Crippen LogP) is 4.17. The van der Waals surface area contributed by atoms with Gasteiger partial charge in [0.15, 0.2) is 0 Å². The van der Waals surface area contributed by atoms with Gasteiger partial charge in [-0.15, -0.1) is 0 Å². The molecule has 0 spiro atoms. The van der Waals surface area contributed by atoms with Gasteiger partial charge in [0.2, 0.25) is 35.4 Å². The lowest BCUT2D eigenvalue weighted by Crippen LogP contribution is -2.52. The van der Waals surface area contributed by atoms with Crippen molar-refractivity contribution in [2.45, 2.75) is 129 Å². The van der Waals surface area contributed by atoms with E-state index in [0.717, 1.165) is 54.4 Å². The van der Waals surface area contributed by atoms with E-state index in [0.29, 0.717) is 117 Å². The molecule has 9 heterocycles. The number of amides is 11. The highest BCUT2D eigenvalue weighted by Gasteiger charge is 2.44. The molecule has 0 saturated carbocycles. The van der Waals surface area contributed by atoms with Crippen LogP contribution < -0.4 is 36.0 Å². The summed E-state index contributed by atoms with van der Waals surface area (Å²) in [5, 5.41) is 11.3. The number of rotatable bonds is 6. The van der Waals surface area contributed by atoms with Gasteiger partial charge in [-0.05, 0) is 109 Å². The number of halogens is 2. The summed E-state index contributed by atoms with van der Waals surface area (Å²) in [6.45, 7) is 20.1. The molecule has 6 fully saturated rings. The fourth-order valence-corrected chi connectivity index (χ4v) is 13.0. The van der Waals surface area contributed by atoms with Crippen LogP contribution in [0.15, 0.2) is 42.5 Å². The molecule has 11 amide bonds. The average molecular weight is 1250 g/mol. The van der Waals surface area contributed by atoms with E-state index in [2.05, 4.69) is 36.0 Å². The number of ether oxygens (including phenoxy) is 2. The van der Waals surface area contributed by atoms with E-state index >= 15 is 0 Å². The van der Waals surface area contributed by atoms with Crippen LogP contribution in [0, 0.1) is 0 Å². The van der Waals surface area contributed by atoms with Crippen LogP contribution in [0.1, 0.15) is 128 Å². The summed E-state index contributed by atoms with van der Waals surface area (Å²) in [6, 6.07) is 11.0. The molecule has 0 bridgehead atoms. The monoisotopic (exact) mass is 1250 g/mol. The molecule has 3 aromatic carbocycles. The highest BCUT2D eigenvalue weighted by molar-refractivity contribution is 6.35. The summed E-state index contributed by atoms with van der Waals surface area (Å²) >= 11 is 13.3. The largest absolute Gasteiger partial charge is 0.444 e. The van der Waals surface area contributed by atoms with Gasteiger partial charge in [-0.25, -0.2) is 9.59 Å². The Balaban J connectivity index is 0.000000147. The molecule has 4 N–H and O–H groups in total. The van der Waals surface area contributed by atoms with Gasteiger partial charge in [-0.2, -0.15) is 0 Å². The zero-order chi connectivity index (χ0) is 63.1. The molecule has 25 nitrogen and oxygen atoms in total. The van der Waals surface area contributed by atoms with Crippen molar-refractivity contribution < 1.29 is 62.2 Å². The minimum Gasteiger partial charge on any atom is -0.444 e. The highest BCUT2D eigenvalue weighted by atomic mass is 35.5. The number of nitrogens with one attached hydrogen (secondary N) is 4. The van der Waals surface area contributed by atoms with Gasteiger partial charge in [-0.3, -0.25) is 59.1 Å². The summed E-state index contributed by atoms with van der Waals surface area (Å²) in [5.74, 6) is -2.78. The molecular formula is C61H74Cl2N12O13. The molecule has 0 aliphatic carbocycles. The number of fused-ring (bicyclic) bond motifs is 3. The van der Waals surface area contributed by atoms with Crippen molar-refractivity contribution in [3.05, 3.63) is 85.9 Å². The fourth-order valence-electron chi connectivity index (χ4n) is 12.3. The summed E-state index contributed by atoms with van der Waals surface area (Å²) in [5.41, 5.74) is 5.62. The Bertz CT molecular complexity index is 3360. The SMILES string of the molecule is CC(C)(C)OC(=O)N1CCN(c2ccc3c(c2)CN(C2CCC(=O)NC2=O)C3=O)CC1.CC(C)(C)OC(=O)N1CCN(c2ccc3c(c2Cl)CN(C2CCC(=O)NC2=O)C3=O)CC1.O=C1CCC(N2Cc3c(ccc(N4CCNCC4)c3Cl)C2=O)C(=O)N1. The van der Waals surface area contributed by atoms with Crippen LogP contribution in [-0.2, 0) is 57.9 Å². The molecule has 6 saturated heterocycles. The van der Waals surface area contributed by atoms with E-state index in [4.69, 9.17) is 32.7 Å². The summed E-state index contributed by atoms with van der Waals surface area (Å²) < 4.78 is 10.9. The lowest BCUT2D eigenvalue weighted by atomic mass is 10.0. The van der Waals surface area contributed by atoms with Crippen LogP contribution in [0.25, 0.3) is 0 Å². The highest BCUT2D eigenvalue weighted by Crippen LogP contribution is 2.40. The minimum absolute atomic E-state index is 0.175. The maximum absolute atomic E-state index is 12.9. The van der Waals surface area contributed by atoms with E-state index in [1.165, 1.54) is 9.80 Å². The molecule has 3 aromatic rings. The van der Waals surface area contributed by atoms with E-state index in [9.17, 15) is 52.7 Å². The Morgan fingerprint density at radius 3 is 1.23 bits per heavy atom. The summed E-state index contributed by atoms with van der Waals surface area (Å²) in [7, 11) is 0. The van der Waals surface area contributed by atoms with E-state index in [1.807, 2.05) is 65.8 Å². The van der Waals surface area contributed by atoms with Crippen molar-refractivity contribution in [1.29, 1.82) is 0 Å². The Morgan fingerprint density at radius 2 is 0.830 bits per heavy atom. The van der Waals surface area contributed by atoms with E-state index < -0.39 is 47.0 Å².